The van der Waals surface area contributed by atoms with Gasteiger partial charge >= 0.3 is 12.4 Å². The third kappa shape index (κ3) is 8.18. The number of urea groups is 1. The summed E-state index contributed by atoms with van der Waals surface area (Å²) in [5, 5.41) is 3.11. The average molecular weight is 538 g/mol. The van der Waals surface area contributed by atoms with Gasteiger partial charge in [-0.2, -0.15) is 0 Å². The van der Waals surface area contributed by atoms with Crippen LogP contribution in [0.5, 0.6) is 17.2 Å². The molecule has 2 aromatic carbocycles. The van der Waals surface area contributed by atoms with Crippen LogP contribution in [0.3, 0.4) is 0 Å². The zero-order valence-electron chi connectivity index (χ0n) is 22.6. The molecule has 0 aromatic heterocycles. The summed E-state index contributed by atoms with van der Waals surface area (Å²) in [5.74, 6) is 1.43. The van der Waals surface area contributed by atoms with Gasteiger partial charge in [-0.15, -0.1) is 13.2 Å². The Kier molecular flexibility index (Phi) is 10.5. The van der Waals surface area contributed by atoms with Crippen molar-refractivity contribution in [3.63, 3.8) is 0 Å². The van der Waals surface area contributed by atoms with E-state index in [2.05, 4.69) is 27.9 Å². The fourth-order valence-electron chi connectivity index (χ4n) is 4.99. The van der Waals surface area contributed by atoms with Crippen LogP contribution in [-0.2, 0) is 6.42 Å². The van der Waals surface area contributed by atoms with Crippen molar-refractivity contribution < 1.29 is 32.2 Å². The maximum Gasteiger partial charge on any atom is 0.573 e. The summed E-state index contributed by atoms with van der Waals surface area (Å²) in [6.07, 6.45) is -0.377. The molecule has 1 saturated heterocycles. The summed E-state index contributed by atoms with van der Waals surface area (Å²) in [6, 6.07) is 9.85. The number of nitrogens with one attached hydrogen (secondary N) is 1. The number of carbonyl (C=O) groups excluding carboxylic acids is 1. The Hall–Kier alpha value is -3.14. The van der Waals surface area contributed by atoms with Crippen molar-refractivity contribution >= 4 is 6.03 Å². The van der Waals surface area contributed by atoms with Crippen molar-refractivity contribution in [3.05, 3.63) is 53.1 Å². The number of fused-ring (bicyclic) bond motifs is 1. The number of likely N-dealkylation sites (tertiary alicyclic amines) is 1. The molecule has 1 atom stereocenters. The van der Waals surface area contributed by atoms with Crippen LogP contribution in [-0.4, -0.2) is 69.1 Å². The number of benzene rings is 2. The van der Waals surface area contributed by atoms with Gasteiger partial charge in [0.2, 0.25) is 0 Å². The Balaban J connectivity index is 0.000000279. The quantitative estimate of drug-likeness (QED) is 0.490. The van der Waals surface area contributed by atoms with Crippen LogP contribution < -0.4 is 19.5 Å². The van der Waals surface area contributed by atoms with Crippen LogP contribution in [0.25, 0.3) is 0 Å². The number of hydrogen-bond donors (Lipinski definition) is 1. The van der Waals surface area contributed by atoms with Crippen molar-refractivity contribution in [2.45, 2.75) is 51.9 Å². The number of aryl methyl sites for hydroxylation is 1. The molecule has 2 aliphatic heterocycles. The number of halogens is 3. The summed E-state index contributed by atoms with van der Waals surface area (Å²) >= 11 is 0. The van der Waals surface area contributed by atoms with Crippen molar-refractivity contribution in [2.75, 3.05) is 46.9 Å². The van der Waals surface area contributed by atoms with Gasteiger partial charge < -0.3 is 29.3 Å². The van der Waals surface area contributed by atoms with Crippen molar-refractivity contribution in [3.8, 4) is 17.2 Å². The Bertz CT molecular complexity index is 1040. The van der Waals surface area contributed by atoms with E-state index in [0.717, 1.165) is 61.6 Å². The van der Waals surface area contributed by atoms with Gasteiger partial charge in [0.05, 0.1) is 20.3 Å². The second-order valence-corrected chi connectivity index (χ2v) is 9.41. The monoisotopic (exact) mass is 537 g/mol. The first-order valence-electron chi connectivity index (χ1n) is 13.0. The molecule has 0 radical (unpaired) electrons. The largest absolute Gasteiger partial charge is 0.573 e. The second kappa shape index (κ2) is 13.6. The van der Waals surface area contributed by atoms with E-state index >= 15 is 0 Å². The summed E-state index contributed by atoms with van der Waals surface area (Å²) in [5.41, 5.74) is 3.07. The number of alkyl halides is 3. The molecular weight excluding hydrogens is 499 g/mol. The average Bonchev–Trinajstić information content (AvgIpc) is 3.40. The van der Waals surface area contributed by atoms with E-state index in [1.807, 2.05) is 11.0 Å². The molecule has 0 bridgehead atoms. The molecule has 2 aliphatic rings. The lowest BCUT2D eigenvalue weighted by Gasteiger charge is -2.38. The molecule has 0 saturated carbocycles. The minimum absolute atomic E-state index is 0.0274. The third-order valence-electron chi connectivity index (χ3n) is 6.76. The number of carbonyl (C=O) groups is 1. The highest BCUT2D eigenvalue weighted by atomic mass is 19.4. The third-order valence-corrected chi connectivity index (χ3v) is 6.76. The van der Waals surface area contributed by atoms with Crippen LogP contribution in [0.1, 0.15) is 48.9 Å². The molecule has 210 valence electrons. The fourth-order valence-corrected chi connectivity index (χ4v) is 4.99. The molecule has 2 heterocycles. The van der Waals surface area contributed by atoms with Crippen molar-refractivity contribution in [1.82, 2.24) is 15.1 Å². The predicted molar refractivity (Wildman–Crippen MR) is 140 cm³/mol. The minimum atomic E-state index is -4.60. The van der Waals surface area contributed by atoms with Crippen LogP contribution in [0.15, 0.2) is 36.4 Å². The summed E-state index contributed by atoms with van der Waals surface area (Å²) in [4.78, 5) is 17.2. The van der Waals surface area contributed by atoms with Gasteiger partial charge in [0.15, 0.2) is 0 Å². The number of amides is 2. The highest BCUT2D eigenvalue weighted by molar-refractivity contribution is 5.75. The lowest BCUT2D eigenvalue weighted by Crippen LogP contribution is -2.47. The summed E-state index contributed by atoms with van der Waals surface area (Å²) < 4.78 is 49.6. The molecule has 1 N–H and O–H groups in total. The maximum absolute atomic E-state index is 12.8. The van der Waals surface area contributed by atoms with Gasteiger partial charge in [-0.25, -0.2) is 4.79 Å². The molecule has 4 rings (SSSR count). The number of methoxy groups -OCH3 is 2. The molecule has 1 unspecified atom stereocenters. The number of rotatable bonds is 7. The van der Waals surface area contributed by atoms with Crippen LogP contribution in [0, 0.1) is 6.92 Å². The van der Waals surface area contributed by atoms with Crippen molar-refractivity contribution in [2.24, 2.45) is 0 Å². The lowest BCUT2D eigenvalue weighted by molar-refractivity contribution is -0.274. The van der Waals surface area contributed by atoms with E-state index in [1.54, 1.807) is 27.2 Å². The van der Waals surface area contributed by atoms with Crippen LogP contribution in [0.2, 0.25) is 0 Å². The smallest absolute Gasteiger partial charge is 0.497 e. The molecule has 7 nitrogen and oxygen atoms in total. The zero-order chi connectivity index (χ0) is 27.7. The first-order valence-corrected chi connectivity index (χ1v) is 13.0. The minimum Gasteiger partial charge on any atom is -0.497 e. The molecular formula is C28H38F3N3O4. The number of ether oxygens (including phenoxy) is 3. The highest BCUT2D eigenvalue weighted by Crippen LogP contribution is 2.40. The molecule has 0 spiro atoms. The van der Waals surface area contributed by atoms with E-state index in [0.29, 0.717) is 6.54 Å². The molecule has 1 fully saturated rings. The van der Waals surface area contributed by atoms with E-state index in [1.165, 1.54) is 36.6 Å². The van der Waals surface area contributed by atoms with Gasteiger partial charge in [-0.1, -0.05) is 19.1 Å². The number of hydrogen-bond acceptors (Lipinski definition) is 5. The van der Waals surface area contributed by atoms with Gasteiger partial charge in [0.1, 0.15) is 17.2 Å². The van der Waals surface area contributed by atoms with E-state index < -0.39 is 6.36 Å². The fraction of sp³-hybridized carbons (Fsp3) is 0.536. The Morgan fingerprint density at radius 2 is 1.79 bits per heavy atom. The van der Waals surface area contributed by atoms with Gasteiger partial charge in [-0.05, 0) is 75.0 Å². The van der Waals surface area contributed by atoms with Gasteiger partial charge in [0.25, 0.3) is 0 Å². The molecule has 2 amide bonds. The standard InChI is InChI=1S/C20H31N3O3.C8H7F3O/c1-4-17-19-15(13-16(25-2)14-18(19)26-3)7-11-23(17)20(24)21-8-12-22-9-5-6-10-22;1-6-3-2-4-7(5-6)12-8(9,10)11/h13-14,17H,4-12H2,1-3H3,(H,21,24);2-5H,1H3. The highest BCUT2D eigenvalue weighted by Gasteiger charge is 2.33. The van der Waals surface area contributed by atoms with Gasteiger partial charge in [0, 0.05) is 31.3 Å². The Morgan fingerprint density at radius 1 is 1.05 bits per heavy atom. The van der Waals surface area contributed by atoms with Gasteiger partial charge in [-0.3, -0.25) is 0 Å². The van der Waals surface area contributed by atoms with Crippen molar-refractivity contribution in [1.29, 1.82) is 0 Å². The lowest BCUT2D eigenvalue weighted by atomic mass is 9.90. The van der Waals surface area contributed by atoms with E-state index in [9.17, 15) is 18.0 Å². The van der Waals surface area contributed by atoms with Crippen LogP contribution in [0.4, 0.5) is 18.0 Å². The zero-order valence-corrected chi connectivity index (χ0v) is 22.6. The summed E-state index contributed by atoms with van der Waals surface area (Å²) in [7, 11) is 3.35. The second-order valence-electron chi connectivity index (χ2n) is 9.41. The van der Waals surface area contributed by atoms with E-state index in [4.69, 9.17) is 9.47 Å². The molecule has 2 aromatic rings. The molecule has 38 heavy (non-hydrogen) atoms. The Labute approximate surface area is 222 Å². The molecule has 10 heteroatoms. The predicted octanol–water partition coefficient (Wildman–Crippen LogP) is 5.71. The topological polar surface area (TPSA) is 63.3 Å². The first kappa shape index (κ1) is 29.4. The van der Waals surface area contributed by atoms with E-state index in [-0.39, 0.29) is 17.8 Å². The van der Waals surface area contributed by atoms with Crippen LogP contribution >= 0.6 is 0 Å². The maximum atomic E-state index is 12.8. The first-order chi connectivity index (χ1) is 18.1. The summed E-state index contributed by atoms with van der Waals surface area (Å²) in [6.45, 7) is 8.49. The SMILES string of the molecule is CCC1c2c(cc(OC)cc2OC)CCN1C(=O)NCCN1CCCC1.Cc1cccc(OC(F)(F)F)c1. The molecule has 0 aliphatic carbocycles. The normalized spacial score (nSPS) is 17.2. The Morgan fingerprint density at radius 3 is 2.39 bits per heavy atom. The number of nitrogens with zero attached hydrogens (tertiary/aromatic N) is 2.